The average molecular weight is 497 g/mol. The monoisotopic (exact) mass is 496 g/mol. The molecule has 1 aliphatic carbocycles. The van der Waals surface area contributed by atoms with Gasteiger partial charge in [-0.1, -0.05) is 69.0 Å². The van der Waals surface area contributed by atoms with E-state index in [1.54, 1.807) is 0 Å². The molecule has 1 saturated carbocycles. The maximum Gasteiger partial charge on any atom is 0.142 e. The SMILES string of the molecule is C=C(CNC)NC(C=O)C1CCCCCC1.CN1CCCC2CCCCN(Cc3ccccc3)CC21. The number of benzene rings is 1. The second kappa shape index (κ2) is 16.2. The first kappa shape index (κ1) is 28.9. The summed E-state index contributed by atoms with van der Waals surface area (Å²) in [6, 6.07) is 11.7. The van der Waals surface area contributed by atoms with Gasteiger partial charge in [-0.25, -0.2) is 0 Å². The molecule has 2 aliphatic heterocycles. The molecule has 4 rings (SSSR count). The summed E-state index contributed by atoms with van der Waals surface area (Å²) in [4.78, 5) is 16.4. The number of carbonyl (C=O) groups is 1. The van der Waals surface area contributed by atoms with Gasteiger partial charge >= 0.3 is 0 Å². The van der Waals surface area contributed by atoms with Gasteiger partial charge in [0.2, 0.25) is 0 Å². The van der Waals surface area contributed by atoms with Crippen molar-refractivity contribution in [3.63, 3.8) is 0 Å². The number of fused-ring (bicyclic) bond motifs is 1. The predicted molar refractivity (Wildman–Crippen MR) is 152 cm³/mol. The van der Waals surface area contributed by atoms with Gasteiger partial charge in [0, 0.05) is 31.4 Å². The van der Waals surface area contributed by atoms with Crippen molar-refractivity contribution >= 4 is 6.29 Å². The van der Waals surface area contributed by atoms with E-state index in [1.165, 1.54) is 95.8 Å². The minimum absolute atomic E-state index is 0.0426. The number of aldehydes is 1. The Hall–Kier alpha value is -1.69. The van der Waals surface area contributed by atoms with E-state index in [9.17, 15) is 4.79 Å². The van der Waals surface area contributed by atoms with Crippen molar-refractivity contribution in [2.45, 2.75) is 89.3 Å². The highest BCUT2D eigenvalue weighted by Crippen LogP contribution is 2.30. The quantitative estimate of drug-likeness (QED) is 0.381. The average Bonchev–Trinajstić information content (AvgIpc) is 3.16. The smallest absolute Gasteiger partial charge is 0.142 e. The number of likely N-dealkylation sites (tertiary alicyclic amines) is 2. The zero-order chi connectivity index (χ0) is 25.6. The number of nitrogens with one attached hydrogen (secondary N) is 2. The van der Waals surface area contributed by atoms with Crippen LogP contribution in [-0.4, -0.2) is 68.4 Å². The molecule has 202 valence electrons. The molecule has 36 heavy (non-hydrogen) atoms. The summed E-state index contributed by atoms with van der Waals surface area (Å²) in [6.45, 7) is 9.58. The molecular formula is C31H52N4O. The number of carbonyl (C=O) groups excluding carboxylic acids is 1. The van der Waals surface area contributed by atoms with Crippen LogP contribution in [0.1, 0.15) is 76.2 Å². The number of nitrogens with zero attached hydrogens (tertiary/aromatic N) is 2. The minimum atomic E-state index is -0.0426. The number of hydrogen-bond acceptors (Lipinski definition) is 5. The molecule has 0 bridgehead atoms. The van der Waals surface area contributed by atoms with Gasteiger partial charge in [0.25, 0.3) is 0 Å². The fourth-order valence-electron chi connectivity index (χ4n) is 6.46. The Balaban J connectivity index is 0.000000207. The van der Waals surface area contributed by atoms with E-state index in [0.29, 0.717) is 5.92 Å². The lowest BCUT2D eigenvalue weighted by Crippen LogP contribution is -2.50. The van der Waals surface area contributed by atoms with E-state index in [1.807, 2.05) is 7.05 Å². The van der Waals surface area contributed by atoms with Crippen LogP contribution in [0, 0.1) is 11.8 Å². The van der Waals surface area contributed by atoms with Crippen molar-refractivity contribution in [3.05, 3.63) is 48.2 Å². The third kappa shape index (κ3) is 9.64. The molecule has 3 atom stereocenters. The van der Waals surface area contributed by atoms with Crippen LogP contribution in [-0.2, 0) is 11.3 Å². The summed E-state index contributed by atoms with van der Waals surface area (Å²) in [6.07, 6.45) is 15.6. The summed E-state index contributed by atoms with van der Waals surface area (Å²) in [7, 11) is 4.22. The lowest BCUT2D eigenvalue weighted by Gasteiger charge is -2.43. The molecule has 3 aliphatic rings. The van der Waals surface area contributed by atoms with Gasteiger partial charge in [0.1, 0.15) is 6.29 Å². The van der Waals surface area contributed by atoms with Crippen LogP contribution in [0.25, 0.3) is 0 Å². The lowest BCUT2D eigenvalue weighted by atomic mass is 9.84. The van der Waals surface area contributed by atoms with E-state index in [-0.39, 0.29) is 6.04 Å². The number of rotatable bonds is 8. The van der Waals surface area contributed by atoms with Crippen LogP contribution < -0.4 is 10.6 Å². The largest absolute Gasteiger partial charge is 0.378 e. The molecule has 0 amide bonds. The van der Waals surface area contributed by atoms with E-state index >= 15 is 0 Å². The van der Waals surface area contributed by atoms with Crippen LogP contribution in [0.2, 0.25) is 0 Å². The zero-order valence-electron chi connectivity index (χ0n) is 23.1. The van der Waals surface area contributed by atoms with Crippen molar-refractivity contribution in [2.75, 3.05) is 40.3 Å². The minimum Gasteiger partial charge on any atom is -0.378 e. The zero-order valence-corrected chi connectivity index (χ0v) is 23.1. The van der Waals surface area contributed by atoms with Crippen LogP contribution in [0.4, 0.5) is 0 Å². The third-order valence-corrected chi connectivity index (χ3v) is 8.50. The molecule has 0 radical (unpaired) electrons. The van der Waals surface area contributed by atoms with Crippen molar-refractivity contribution in [1.82, 2.24) is 20.4 Å². The van der Waals surface area contributed by atoms with Gasteiger partial charge in [0.05, 0.1) is 6.04 Å². The van der Waals surface area contributed by atoms with E-state index in [4.69, 9.17) is 0 Å². The standard InChI is InChI=1S/C18H28N2.C13H24N2O/c1-19-12-7-11-17-10-5-6-13-20(15-18(17)19)14-16-8-3-2-4-9-16;1-11(9-14-2)15-13(10-16)12-7-5-3-4-6-8-12/h2-4,8-9,17-18H,5-7,10-15H2,1H3;10,12-15H,1,3-9H2,2H3. The molecule has 1 aromatic carbocycles. The molecule has 2 N–H and O–H groups in total. The maximum absolute atomic E-state index is 11.1. The van der Waals surface area contributed by atoms with Gasteiger partial charge in [-0.2, -0.15) is 0 Å². The van der Waals surface area contributed by atoms with Crippen molar-refractivity contribution in [2.24, 2.45) is 11.8 Å². The second-order valence-corrected chi connectivity index (χ2v) is 11.4. The van der Waals surface area contributed by atoms with Gasteiger partial charge < -0.3 is 20.3 Å². The molecule has 2 saturated heterocycles. The van der Waals surface area contributed by atoms with E-state index < -0.39 is 0 Å². The second-order valence-electron chi connectivity index (χ2n) is 11.4. The van der Waals surface area contributed by atoms with Gasteiger partial charge in [0.15, 0.2) is 0 Å². The normalized spacial score (nSPS) is 25.2. The van der Waals surface area contributed by atoms with Crippen molar-refractivity contribution in [3.8, 4) is 0 Å². The first-order valence-corrected chi connectivity index (χ1v) is 14.6. The summed E-state index contributed by atoms with van der Waals surface area (Å²) in [5.41, 5.74) is 2.37. The first-order chi connectivity index (χ1) is 17.6. The lowest BCUT2D eigenvalue weighted by molar-refractivity contribution is -0.110. The Morgan fingerprint density at radius 2 is 1.69 bits per heavy atom. The topological polar surface area (TPSA) is 47.6 Å². The molecule has 3 unspecified atom stereocenters. The summed E-state index contributed by atoms with van der Waals surface area (Å²) < 4.78 is 0. The maximum atomic E-state index is 11.1. The van der Waals surface area contributed by atoms with Crippen LogP contribution in [0.15, 0.2) is 42.6 Å². The van der Waals surface area contributed by atoms with Gasteiger partial charge in [-0.05, 0) is 83.1 Å². The van der Waals surface area contributed by atoms with E-state index in [0.717, 1.165) is 37.0 Å². The Kier molecular flexibility index (Phi) is 13.0. The number of hydrogen-bond donors (Lipinski definition) is 2. The highest BCUT2D eigenvalue weighted by atomic mass is 16.1. The van der Waals surface area contributed by atoms with E-state index in [2.05, 4.69) is 64.4 Å². The molecule has 5 nitrogen and oxygen atoms in total. The van der Waals surface area contributed by atoms with Crippen molar-refractivity contribution in [1.29, 1.82) is 0 Å². The Labute approximate surface area is 221 Å². The molecule has 2 heterocycles. The highest BCUT2D eigenvalue weighted by Gasteiger charge is 2.31. The van der Waals surface area contributed by atoms with Crippen LogP contribution in [0.3, 0.4) is 0 Å². The number of likely N-dealkylation sites (N-methyl/N-ethyl adjacent to an activating group) is 2. The Morgan fingerprint density at radius 3 is 2.39 bits per heavy atom. The number of piperidine rings is 1. The first-order valence-electron chi connectivity index (χ1n) is 14.6. The molecule has 3 fully saturated rings. The fraction of sp³-hybridized carbons (Fsp3) is 0.710. The van der Waals surface area contributed by atoms with Gasteiger partial charge in [-0.3, -0.25) is 4.90 Å². The Morgan fingerprint density at radius 1 is 1.00 bits per heavy atom. The van der Waals surface area contributed by atoms with Crippen LogP contribution in [0.5, 0.6) is 0 Å². The summed E-state index contributed by atoms with van der Waals surface area (Å²) in [5.74, 6) is 1.43. The molecule has 5 heteroatoms. The third-order valence-electron chi connectivity index (χ3n) is 8.50. The summed E-state index contributed by atoms with van der Waals surface area (Å²) in [5, 5.41) is 6.27. The molecule has 1 aromatic rings. The fourth-order valence-corrected chi connectivity index (χ4v) is 6.46. The molecule has 0 spiro atoms. The molecule has 0 aromatic heterocycles. The van der Waals surface area contributed by atoms with Crippen molar-refractivity contribution < 1.29 is 4.79 Å². The predicted octanol–water partition coefficient (Wildman–Crippen LogP) is 5.23. The van der Waals surface area contributed by atoms with Gasteiger partial charge in [-0.15, -0.1) is 0 Å². The van der Waals surface area contributed by atoms with Crippen LogP contribution >= 0.6 is 0 Å². The molecular weight excluding hydrogens is 444 g/mol. The summed E-state index contributed by atoms with van der Waals surface area (Å²) >= 11 is 0. The highest BCUT2D eigenvalue weighted by molar-refractivity contribution is 5.58. The Bertz CT molecular complexity index is 746.